The van der Waals surface area contributed by atoms with Crippen LogP contribution in [0.25, 0.3) is 11.4 Å². The molecule has 5 nitrogen and oxygen atoms in total. The summed E-state index contributed by atoms with van der Waals surface area (Å²) >= 11 is 5.84. The van der Waals surface area contributed by atoms with Crippen molar-refractivity contribution in [2.75, 3.05) is 11.9 Å². The minimum Gasteiger partial charge on any atom is -0.296 e. The van der Waals surface area contributed by atoms with Crippen molar-refractivity contribution in [3.63, 3.8) is 0 Å². The van der Waals surface area contributed by atoms with Gasteiger partial charge < -0.3 is 0 Å². The lowest BCUT2D eigenvalue weighted by Gasteiger charge is -2.16. The third-order valence-corrected chi connectivity index (χ3v) is 3.54. The zero-order chi connectivity index (χ0) is 16.4. The summed E-state index contributed by atoms with van der Waals surface area (Å²) in [5, 5.41) is 4.78. The highest BCUT2D eigenvalue weighted by molar-refractivity contribution is 6.30. The standard InChI is InChI=1S/C16H12ClFN4O/c1-21(14-8-6-13(18)7-9-14)16(23)22-10-19-15(20-22)11-2-4-12(17)5-3-11/h2-10H,1H3. The third-order valence-electron chi connectivity index (χ3n) is 3.29. The van der Waals surface area contributed by atoms with Gasteiger partial charge in [0.1, 0.15) is 12.1 Å². The molecular formula is C16H12ClFN4O. The van der Waals surface area contributed by atoms with E-state index in [1.807, 2.05) is 0 Å². The van der Waals surface area contributed by atoms with Crippen molar-refractivity contribution in [1.82, 2.24) is 14.8 Å². The normalized spacial score (nSPS) is 10.6. The van der Waals surface area contributed by atoms with Gasteiger partial charge in [-0.25, -0.2) is 14.2 Å². The number of hydrogen-bond donors (Lipinski definition) is 0. The quantitative estimate of drug-likeness (QED) is 0.717. The zero-order valence-corrected chi connectivity index (χ0v) is 12.9. The fourth-order valence-electron chi connectivity index (χ4n) is 2.02. The van der Waals surface area contributed by atoms with Gasteiger partial charge in [0.05, 0.1) is 0 Å². The Kier molecular flexibility index (Phi) is 4.08. The van der Waals surface area contributed by atoms with Crippen LogP contribution in [0, 0.1) is 5.82 Å². The summed E-state index contributed by atoms with van der Waals surface area (Å²) in [4.78, 5) is 17.9. The van der Waals surface area contributed by atoms with E-state index in [1.165, 1.54) is 35.5 Å². The Hall–Kier alpha value is -2.73. The predicted molar refractivity (Wildman–Crippen MR) is 86.1 cm³/mol. The molecule has 0 aliphatic carbocycles. The summed E-state index contributed by atoms with van der Waals surface area (Å²) in [6, 6.07) is 12.2. The van der Waals surface area contributed by atoms with Crippen LogP contribution in [-0.4, -0.2) is 27.8 Å². The summed E-state index contributed by atoms with van der Waals surface area (Å²) < 4.78 is 14.1. The van der Waals surface area contributed by atoms with Crippen molar-refractivity contribution in [1.29, 1.82) is 0 Å². The molecule has 2 aromatic carbocycles. The maximum atomic E-state index is 13.0. The molecule has 1 amide bonds. The van der Waals surface area contributed by atoms with Gasteiger partial charge in [-0.15, -0.1) is 5.10 Å². The van der Waals surface area contributed by atoms with E-state index in [9.17, 15) is 9.18 Å². The van der Waals surface area contributed by atoms with Crippen LogP contribution in [0.3, 0.4) is 0 Å². The van der Waals surface area contributed by atoms with Crippen LogP contribution in [0.5, 0.6) is 0 Å². The minimum atomic E-state index is -0.399. The molecule has 1 aromatic heterocycles. The van der Waals surface area contributed by atoms with Crippen LogP contribution in [0.1, 0.15) is 0 Å². The lowest BCUT2D eigenvalue weighted by Crippen LogP contribution is -2.31. The fourth-order valence-corrected chi connectivity index (χ4v) is 2.14. The van der Waals surface area contributed by atoms with Crippen molar-refractivity contribution in [2.24, 2.45) is 0 Å². The van der Waals surface area contributed by atoms with Crippen molar-refractivity contribution >= 4 is 23.3 Å². The second kappa shape index (κ2) is 6.18. The molecule has 0 spiro atoms. The summed E-state index contributed by atoms with van der Waals surface area (Å²) in [6.07, 6.45) is 1.34. The number of amides is 1. The highest BCUT2D eigenvalue weighted by Gasteiger charge is 2.16. The van der Waals surface area contributed by atoms with Gasteiger partial charge in [-0.1, -0.05) is 11.6 Å². The number of carbonyl (C=O) groups excluding carboxylic acids is 1. The van der Waals surface area contributed by atoms with Crippen molar-refractivity contribution in [2.45, 2.75) is 0 Å². The summed E-state index contributed by atoms with van der Waals surface area (Å²) in [6.45, 7) is 0. The number of benzene rings is 2. The zero-order valence-electron chi connectivity index (χ0n) is 12.1. The van der Waals surface area contributed by atoms with Gasteiger partial charge in [0, 0.05) is 23.3 Å². The first-order valence-corrected chi connectivity index (χ1v) is 7.13. The average molecular weight is 331 g/mol. The molecule has 1 heterocycles. The topological polar surface area (TPSA) is 51.0 Å². The Morgan fingerprint density at radius 1 is 1.13 bits per heavy atom. The lowest BCUT2D eigenvalue weighted by molar-refractivity contribution is 0.246. The van der Waals surface area contributed by atoms with E-state index >= 15 is 0 Å². The van der Waals surface area contributed by atoms with Crippen molar-refractivity contribution in [3.05, 3.63) is 65.7 Å². The molecule has 0 saturated carbocycles. The van der Waals surface area contributed by atoms with Crippen molar-refractivity contribution < 1.29 is 9.18 Å². The molecule has 3 rings (SSSR count). The maximum Gasteiger partial charge on any atom is 0.350 e. The summed E-state index contributed by atoms with van der Waals surface area (Å²) in [7, 11) is 1.58. The van der Waals surface area contributed by atoms with Gasteiger partial charge in [0.25, 0.3) is 0 Å². The Balaban J connectivity index is 1.83. The molecule has 3 aromatic rings. The van der Waals surface area contributed by atoms with E-state index in [0.29, 0.717) is 16.5 Å². The number of halogens is 2. The van der Waals surface area contributed by atoms with Gasteiger partial charge in [0.2, 0.25) is 0 Å². The van der Waals surface area contributed by atoms with Crippen LogP contribution in [0.2, 0.25) is 5.02 Å². The second-order valence-corrected chi connectivity index (χ2v) is 5.27. The molecular weight excluding hydrogens is 319 g/mol. The first-order chi connectivity index (χ1) is 11.0. The van der Waals surface area contributed by atoms with Crippen LogP contribution < -0.4 is 4.90 Å². The first kappa shape index (κ1) is 15.2. The average Bonchev–Trinajstić information content (AvgIpc) is 3.05. The molecule has 0 N–H and O–H groups in total. The predicted octanol–water partition coefficient (Wildman–Crippen LogP) is 3.84. The van der Waals surface area contributed by atoms with E-state index in [0.717, 1.165) is 10.2 Å². The van der Waals surface area contributed by atoms with Crippen LogP contribution in [0.15, 0.2) is 54.9 Å². The molecule has 0 aliphatic heterocycles. The largest absolute Gasteiger partial charge is 0.350 e. The molecule has 0 fully saturated rings. The Morgan fingerprint density at radius 3 is 2.43 bits per heavy atom. The molecule has 0 bridgehead atoms. The Morgan fingerprint density at radius 2 is 1.78 bits per heavy atom. The van der Waals surface area contributed by atoms with Gasteiger partial charge >= 0.3 is 6.03 Å². The molecule has 0 unspecified atom stereocenters. The number of anilines is 1. The van der Waals surface area contributed by atoms with E-state index < -0.39 is 6.03 Å². The third kappa shape index (κ3) is 3.22. The van der Waals surface area contributed by atoms with E-state index in [1.54, 1.807) is 31.3 Å². The number of nitrogens with zero attached hydrogens (tertiary/aromatic N) is 4. The second-order valence-electron chi connectivity index (χ2n) is 4.84. The van der Waals surface area contributed by atoms with Gasteiger partial charge in [0.15, 0.2) is 5.82 Å². The van der Waals surface area contributed by atoms with Gasteiger partial charge in [-0.3, -0.25) is 4.90 Å². The SMILES string of the molecule is CN(C(=O)n1cnc(-c2ccc(Cl)cc2)n1)c1ccc(F)cc1. The molecule has 7 heteroatoms. The monoisotopic (exact) mass is 330 g/mol. The molecule has 0 atom stereocenters. The molecule has 0 aliphatic rings. The first-order valence-electron chi connectivity index (χ1n) is 6.76. The van der Waals surface area contributed by atoms with Gasteiger partial charge in [-0.2, -0.15) is 4.68 Å². The van der Waals surface area contributed by atoms with Crippen LogP contribution in [0.4, 0.5) is 14.9 Å². The lowest BCUT2D eigenvalue weighted by atomic mass is 10.2. The summed E-state index contributed by atoms with van der Waals surface area (Å²) in [5.41, 5.74) is 1.31. The minimum absolute atomic E-state index is 0.361. The Labute approximate surface area is 136 Å². The number of carbonyl (C=O) groups is 1. The smallest absolute Gasteiger partial charge is 0.296 e. The number of hydrogen-bond acceptors (Lipinski definition) is 3. The van der Waals surface area contributed by atoms with Crippen LogP contribution >= 0.6 is 11.6 Å². The fraction of sp³-hybridized carbons (Fsp3) is 0.0625. The highest BCUT2D eigenvalue weighted by atomic mass is 35.5. The number of aromatic nitrogens is 3. The summed E-state index contributed by atoms with van der Waals surface area (Å²) in [5.74, 6) is 0.0582. The maximum absolute atomic E-state index is 13.0. The molecule has 23 heavy (non-hydrogen) atoms. The van der Waals surface area contributed by atoms with Gasteiger partial charge in [-0.05, 0) is 48.5 Å². The van der Waals surface area contributed by atoms with E-state index in [4.69, 9.17) is 11.6 Å². The molecule has 0 radical (unpaired) electrons. The Bertz CT molecular complexity index is 830. The van der Waals surface area contributed by atoms with E-state index in [2.05, 4.69) is 10.1 Å². The van der Waals surface area contributed by atoms with Crippen molar-refractivity contribution in [3.8, 4) is 11.4 Å². The van der Waals surface area contributed by atoms with E-state index in [-0.39, 0.29) is 5.82 Å². The number of rotatable bonds is 2. The molecule has 0 saturated heterocycles. The highest BCUT2D eigenvalue weighted by Crippen LogP contribution is 2.18. The van der Waals surface area contributed by atoms with Crippen LogP contribution in [-0.2, 0) is 0 Å². The molecule has 116 valence electrons.